The van der Waals surface area contributed by atoms with Crippen LogP contribution in [0, 0.1) is 13.8 Å². The minimum Gasteiger partial charge on any atom is -0.233 e. The van der Waals surface area contributed by atoms with Gasteiger partial charge in [-0.3, -0.25) is 0 Å². The highest BCUT2D eigenvalue weighted by molar-refractivity contribution is 5.92. The van der Waals surface area contributed by atoms with E-state index in [4.69, 9.17) is 0 Å². The van der Waals surface area contributed by atoms with E-state index in [0.29, 0.717) is 0 Å². The number of fused-ring (bicyclic) bond motifs is 1. The van der Waals surface area contributed by atoms with E-state index in [2.05, 4.69) is 47.2 Å². The molecule has 0 atom stereocenters. The summed E-state index contributed by atoms with van der Waals surface area (Å²) >= 11 is 0. The van der Waals surface area contributed by atoms with Gasteiger partial charge in [-0.25, -0.2) is 9.97 Å². The van der Waals surface area contributed by atoms with Gasteiger partial charge in [-0.05, 0) is 26.0 Å². The van der Waals surface area contributed by atoms with Gasteiger partial charge in [0, 0.05) is 10.9 Å². The van der Waals surface area contributed by atoms with Crippen LogP contribution < -0.4 is 0 Å². The molecule has 2 aromatic carbocycles. The fourth-order valence-corrected chi connectivity index (χ4v) is 2.17. The standard InChI is InChI=1S/C16H14N2/c1-11-8-9-15-14(10-11)16(18-12(2)17-15)13-6-4-3-5-7-13/h3-10H,1-2H3. The van der Waals surface area contributed by atoms with Crippen LogP contribution in [0.1, 0.15) is 11.4 Å². The first-order valence-electron chi connectivity index (χ1n) is 6.04. The molecule has 0 aliphatic rings. The predicted octanol–water partition coefficient (Wildman–Crippen LogP) is 3.91. The second-order valence-corrected chi connectivity index (χ2v) is 4.51. The van der Waals surface area contributed by atoms with Gasteiger partial charge < -0.3 is 0 Å². The quantitative estimate of drug-likeness (QED) is 0.638. The summed E-state index contributed by atoms with van der Waals surface area (Å²) in [6, 6.07) is 16.6. The van der Waals surface area contributed by atoms with Crippen LogP contribution in [0.2, 0.25) is 0 Å². The Morgan fingerprint density at radius 3 is 2.39 bits per heavy atom. The number of rotatable bonds is 1. The summed E-state index contributed by atoms with van der Waals surface area (Å²) in [6.07, 6.45) is 0. The average molecular weight is 234 g/mol. The Hall–Kier alpha value is -2.22. The van der Waals surface area contributed by atoms with Gasteiger partial charge in [0.2, 0.25) is 0 Å². The van der Waals surface area contributed by atoms with Crippen molar-refractivity contribution < 1.29 is 0 Å². The Kier molecular flexibility index (Phi) is 2.56. The van der Waals surface area contributed by atoms with Crippen molar-refractivity contribution in [2.24, 2.45) is 0 Å². The number of benzene rings is 2. The van der Waals surface area contributed by atoms with Crippen molar-refractivity contribution in [3.8, 4) is 11.3 Å². The molecule has 88 valence electrons. The molecule has 0 unspecified atom stereocenters. The van der Waals surface area contributed by atoms with E-state index in [1.54, 1.807) is 0 Å². The highest BCUT2D eigenvalue weighted by Crippen LogP contribution is 2.26. The Labute approximate surface area is 106 Å². The second kappa shape index (κ2) is 4.22. The summed E-state index contributed by atoms with van der Waals surface area (Å²) in [7, 11) is 0. The maximum Gasteiger partial charge on any atom is 0.126 e. The zero-order chi connectivity index (χ0) is 12.5. The van der Waals surface area contributed by atoms with Gasteiger partial charge in [0.25, 0.3) is 0 Å². The second-order valence-electron chi connectivity index (χ2n) is 4.51. The van der Waals surface area contributed by atoms with Crippen LogP contribution in [0.5, 0.6) is 0 Å². The van der Waals surface area contributed by atoms with Crippen LogP contribution in [-0.4, -0.2) is 9.97 Å². The minimum atomic E-state index is 0.810. The highest BCUT2D eigenvalue weighted by atomic mass is 14.9. The van der Waals surface area contributed by atoms with Crippen molar-refractivity contribution >= 4 is 10.9 Å². The fraction of sp³-hybridized carbons (Fsp3) is 0.125. The van der Waals surface area contributed by atoms with E-state index in [1.165, 1.54) is 5.56 Å². The first kappa shape index (κ1) is 10.9. The third-order valence-corrected chi connectivity index (χ3v) is 3.01. The predicted molar refractivity (Wildman–Crippen MR) is 74.4 cm³/mol. The van der Waals surface area contributed by atoms with Crippen LogP contribution in [0.3, 0.4) is 0 Å². The number of hydrogen-bond acceptors (Lipinski definition) is 2. The lowest BCUT2D eigenvalue weighted by atomic mass is 10.0. The molecule has 0 bridgehead atoms. The summed E-state index contributed by atoms with van der Waals surface area (Å²) in [5.74, 6) is 0.810. The first-order valence-corrected chi connectivity index (χ1v) is 6.04. The zero-order valence-corrected chi connectivity index (χ0v) is 10.5. The number of nitrogens with zero attached hydrogens (tertiary/aromatic N) is 2. The fourth-order valence-electron chi connectivity index (χ4n) is 2.17. The van der Waals surface area contributed by atoms with Crippen LogP contribution in [-0.2, 0) is 0 Å². The molecule has 18 heavy (non-hydrogen) atoms. The molecule has 0 saturated heterocycles. The van der Waals surface area contributed by atoms with Crippen LogP contribution >= 0.6 is 0 Å². The lowest BCUT2D eigenvalue weighted by Crippen LogP contribution is -1.94. The molecule has 0 aliphatic heterocycles. The third kappa shape index (κ3) is 1.86. The van der Waals surface area contributed by atoms with Gasteiger partial charge in [-0.1, -0.05) is 42.0 Å². The van der Waals surface area contributed by atoms with Gasteiger partial charge in [-0.2, -0.15) is 0 Å². The Morgan fingerprint density at radius 2 is 1.61 bits per heavy atom. The Bertz CT molecular complexity index is 703. The highest BCUT2D eigenvalue weighted by Gasteiger charge is 2.07. The van der Waals surface area contributed by atoms with Gasteiger partial charge >= 0.3 is 0 Å². The molecule has 0 fully saturated rings. The minimum absolute atomic E-state index is 0.810. The zero-order valence-electron chi connectivity index (χ0n) is 10.5. The number of hydrogen-bond donors (Lipinski definition) is 0. The van der Waals surface area contributed by atoms with E-state index in [0.717, 1.165) is 28.0 Å². The largest absolute Gasteiger partial charge is 0.233 e. The molecular formula is C16H14N2. The monoisotopic (exact) mass is 234 g/mol. The van der Waals surface area contributed by atoms with Gasteiger partial charge in [0.1, 0.15) is 5.82 Å². The summed E-state index contributed by atoms with van der Waals surface area (Å²) < 4.78 is 0. The van der Waals surface area contributed by atoms with E-state index >= 15 is 0 Å². The molecule has 1 aromatic heterocycles. The molecule has 3 aromatic rings. The lowest BCUT2D eigenvalue weighted by molar-refractivity contribution is 1.09. The van der Waals surface area contributed by atoms with Gasteiger partial charge in [0.05, 0.1) is 11.2 Å². The molecule has 1 heterocycles. The third-order valence-electron chi connectivity index (χ3n) is 3.01. The molecule has 0 saturated carbocycles. The number of aryl methyl sites for hydroxylation is 2. The molecule has 2 nitrogen and oxygen atoms in total. The van der Waals surface area contributed by atoms with E-state index in [9.17, 15) is 0 Å². The van der Waals surface area contributed by atoms with E-state index in [-0.39, 0.29) is 0 Å². The topological polar surface area (TPSA) is 25.8 Å². The van der Waals surface area contributed by atoms with Gasteiger partial charge in [0.15, 0.2) is 0 Å². The van der Waals surface area contributed by atoms with E-state index < -0.39 is 0 Å². The van der Waals surface area contributed by atoms with Crippen LogP contribution in [0.4, 0.5) is 0 Å². The van der Waals surface area contributed by atoms with Crippen molar-refractivity contribution in [2.45, 2.75) is 13.8 Å². The normalized spacial score (nSPS) is 10.8. The molecule has 2 heteroatoms. The SMILES string of the molecule is Cc1ccc2nc(C)nc(-c3ccccc3)c2c1. The van der Waals surface area contributed by atoms with Crippen LogP contribution in [0.15, 0.2) is 48.5 Å². The van der Waals surface area contributed by atoms with Crippen molar-refractivity contribution in [1.82, 2.24) is 9.97 Å². The molecule has 0 amide bonds. The summed E-state index contributed by atoms with van der Waals surface area (Å²) in [6.45, 7) is 4.03. The van der Waals surface area contributed by atoms with E-state index in [1.807, 2.05) is 25.1 Å². The maximum absolute atomic E-state index is 4.60. The van der Waals surface area contributed by atoms with Gasteiger partial charge in [-0.15, -0.1) is 0 Å². The lowest BCUT2D eigenvalue weighted by Gasteiger charge is -2.07. The van der Waals surface area contributed by atoms with Crippen molar-refractivity contribution in [2.75, 3.05) is 0 Å². The first-order chi connectivity index (χ1) is 8.74. The van der Waals surface area contributed by atoms with Crippen molar-refractivity contribution in [1.29, 1.82) is 0 Å². The van der Waals surface area contributed by atoms with Crippen molar-refractivity contribution in [3.63, 3.8) is 0 Å². The summed E-state index contributed by atoms with van der Waals surface area (Å²) in [5, 5.41) is 1.12. The molecule has 0 radical (unpaired) electrons. The molecule has 3 rings (SSSR count). The maximum atomic E-state index is 4.60. The summed E-state index contributed by atoms with van der Waals surface area (Å²) in [4.78, 5) is 9.09. The Balaban J connectivity index is 2.37. The molecule has 0 spiro atoms. The summed E-state index contributed by atoms with van der Waals surface area (Å²) in [5.41, 5.74) is 4.39. The van der Waals surface area contributed by atoms with Crippen LogP contribution in [0.25, 0.3) is 22.2 Å². The average Bonchev–Trinajstić information content (AvgIpc) is 2.39. The van der Waals surface area contributed by atoms with Crippen molar-refractivity contribution in [3.05, 3.63) is 59.9 Å². The molecular weight excluding hydrogens is 220 g/mol. The number of aromatic nitrogens is 2. The Morgan fingerprint density at radius 1 is 0.833 bits per heavy atom. The molecule has 0 aliphatic carbocycles. The molecule has 0 N–H and O–H groups in total. The smallest absolute Gasteiger partial charge is 0.126 e.